The van der Waals surface area contributed by atoms with E-state index in [0.29, 0.717) is 0 Å². The van der Waals surface area contributed by atoms with Crippen molar-refractivity contribution in [3.8, 4) is 5.88 Å². The van der Waals surface area contributed by atoms with Crippen LogP contribution in [-0.4, -0.2) is 29.7 Å². The molecule has 0 radical (unpaired) electrons. The molecule has 4 nitrogen and oxygen atoms in total. The number of rotatable bonds is 4. The molecule has 2 aromatic rings. The molecule has 0 amide bonds. The maximum absolute atomic E-state index is 5.90. The smallest absolute Gasteiger partial charge is 0.225 e. The standard InChI is InChI=1S/C14H19N3OS/c1-9-10(2)19-14-12(9)13(16-8-17-14)18-6-4-11-3-5-15-7-11/h8,11,15H,3-7H2,1-2H3. The molecule has 3 heterocycles. The summed E-state index contributed by atoms with van der Waals surface area (Å²) in [5.74, 6) is 1.50. The van der Waals surface area contributed by atoms with Crippen LogP contribution in [0.15, 0.2) is 6.33 Å². The predicted octanol–water partition coefficient (Wildman–Crippen LogP) is 2.69. The molecule has 5 heteroatoms. The van der Waals surface area contributed by atoms with Gasteiger partial charge in [-0.3, -0.25) is 0 Å². The van der Waals surface area contributed by atoms with E-state index in [1.165, 1.54) is 16.9 Å². The first-order valence-corrected chi connectivity index (χ1v) is 7.61. The van der Waals surface area contributed by atoms with E-state index in [4.69, 9.17) is 4.74 Å². The third-order valence-corrected chi connectivity index (χ3v) is 4.97. The molecule has 1 atom stereocenters. The fourth-order valence-electron chi connectivity index (χ4n) is 2.54. The van der Waals surface area contributed by atoms with E-state index in [2.05, 4.69) is 29.1 Å². The van der Waals surface area contributed by atoms with Crippen LogP contribution in [0.3, 0.4) is 0 Å². The highest BCUT2D eigenvalue weighted by molar-refractivity contribution is 7.18. The molecule has 0 aromatic carbocycles. The van der Waals surface area contributed by atoms with Crippen molar-refractivity contribution in [3.63, 3.8) is 0 Å². The summed E-state index contributed by atoms with van der Waals surface area (Å²) in [6, 6.07) is 0. The zero-order valence-corrected chi connectivity index (χ0v) is 12.2. The first-order valence-electron chi connectivity index (χ1n) is 6.80. The minimum atomic E-state index is 0.743. The Kier molecular flexibility index (Phi) is 3.66. The third kappa shape index (κ3) is 2.58. The highest BCUT2D eigenvalue weighted by Gasteiger charge is 2.16. The maximum Gasteiger partial charge on any atom is 0.225 e. The van der Waals surface area contributed by atoms with Crippen LogP contribution in [0.25, 0.3) is 10.2 Å². The molecular formula is C14H19N3OS. The lowest BCUT2D eigenvalue weighted by Crippen LogP contribution is -2.12. The van der Waals surface area contributed by atoms with Gasteiger partial charge in [0.15, 0.2) is 0 Å². The molecule has 1 aliphatic heterocycles. The van der Waals surface area contributed by atoms with Crippen LogP contribution in [0, 0.1) is 19.8 Å². The Bertz CT molecular complexity index is 575. The van der Waals surface area contributed by atoms with Gasteiger partial charge in [0.25, 0.3) is 0 Å². The number of hydrogen-bond acceptors (Lipinski definition) is 5. The number of thiophene rings is 1. The Morgan fingerprint density at radius 1 is 1.42 bits per heavy atom. The lowest BCUT2D eigenvalue weighted by atomic mass is 10.1. The molecule has 1 saturated heterocycles. The van der Waals surface area contributed by atoms with Crippen molar-refractivity contribution < 1.29 is 4.74 Å². The molecule has 102 valence electrons. The van der Waals surface area contributed by atoms with Gasteiger partial charge in [-0.25, -0.2) is 9.97 Å². The van der Waals surface area contributed by atoms with E-state index in [-0.39, 0.29) is 0 Å². The van der Waals surface area contributed by atoms with Crippen LogP contribution in [0.2, 0.25) is 0 Å². The zero-order chi connectivity index (χ0) is 13.2. The highest BCUT2D eigenvalue weighted by atomic mass is 32.1. The lowest BCUT2D eigenvalue weighted by molar-refractivity contribution is 0.277. The molecule has 1 fully saturated rings. The molecule has 3 rings (SSSR count). The van der Waals surface area contributed by atoms with Crippen LogP contribution in [-0.2, 0) is 0 Å². The average Bonchev–Trinajstić information content (AvgIpc) is 3.00. The van der Waals surface area contributed by atoms with Crippen molar-refractivity contribution in [1.29, 1.82) is 0 Å². The van der Waals surface area contributed by atoms with E-state index in [9.17, 15) is 0 Å². The normalized spacial score (nSPS) is 19.2. The van der Waals surface area contributed by atoms with Gasteiger partial charge in [-0.05, 0) is 51.3 Å². The SMILES string of the molecule is Cc1sc2ncnc(OCCC3CCNC3)c2c1C. The minimum Gasteiger partial charge on any atom is -0.477 e. The fourth-order valence-corrected chi connectivity index (χ4v) is 3.53. The van der Waals surface area contributed by atoms with Gasteiger partial charge < -0.3 is 10.1 Å². The summed E-state index contributed by atoms with van der Waals surface area (Å²) < 4.78 is 5.90. The highest BCUT2D eigenvalue weighted by Crippen LogP contribution is 2.33. The second kappa shape index (κ2) is 5.43. The minimum absolute atomic E-state index is 0.743. The second-order valence-electron chi connectivity index (χ2n) is 5.14. The van der Waals surface area contributed by atoms with Crippen LogP contribution >= 0.6 is 11.3 Å². The van der Waals surface area contributed by atoms with Crippen LogP contribution in [0.4, 0.5) is 0 Å². The molecule has 1 N–H and O–H groups in total. The summed E-state index contributed by atoms with van der Waals surface area (Å²) in [6.07, 6.45) is 3.96. The Balaban J connectivity index is 1.73. The molecule has 19 heavy (non-hydrogen) atoms. The van der Waals surface area contributed by atoms with Gasteiger partial charge in [0.1, 0.15) is 11.2 Å². The number of nitrogens with one attached hydrogen (secondary N) is 1. The second-order valence-corrected chi connectivity index (χ2v) is 6.34. The van der Waals surface area contributed by atoms with Gasteiger partial charge in [-0.2, -0.15) is 0 Å². The summed E-state index contributed by atoms with van der Waals surface area (Å²) >= 11 is 1.71. The monoisotopic (exact) mass is 277 g/mol. The molecule has 1 aliphatic rings. The molecule has 0 bridgehead atoms. The molecule has 0 spiro atoms. The van der Waals surface area contributed by atoms with Crippen molar-refractivity contribution in [1.82, 2.24) is 15.3 Å². The van der Waals surface area contributed by atoms with Crippen LogP contribution in [0.1, 0.15) is 23.3 Å². The first kappa shape index (κ1) is 12.8. The summed E-state index contributed by atoms with van der Waals surface area (Å²) in [7, 11) is 0. The van der Waals surface area contributed by atoms with Crippen LogP contribution in [0.5, 0.6) is 5.88 Å². The number of ether oxygens (including phenoxy) is 1. The quantitative estimate of drug-likeness (QED) is 0.933. The maximum atomic E-state index is 5.90. The Morgan fingerprint density at radius 3 is 3.11 bits per heavy atom. The molecule has 0 saturated carbocycles. The zero-order valence-electron chi connectivity index (χ0n) is 11.4. The fraction of sp³-hybridized carbons (Fsp3) is 0.571. The number of fused-ring (bicyclic) bond motifs is 1. The molecule has 1 unspecified atom stereocenters. The molecule has 2 aromatic heterocycles. The Labute approximate surface area is 117 Å². The third-order valence-electron chi connectivity index (χ3n) is 3.86. The van der Waals surface area contributed by atoms with Crippen molar-refractivity contribution in [2.75, 3.05) is 19.7 Å². The summed E-state index contributed by atoms with van der Waals surface area (Å²) in [4.78, 5) is 11.0. The van der Waals surface area contributed by atoms with Gasteiger partial charge in [-0.15, -0.1) is 11.3 Å². The summed E-state index contributed by atoms with van der Waals surface area (Å²) in [6.45, 7) is 7.25. The van der Waals surface area contributed by atoms with Gasteiger partial charge in [0.2, 0.25) is 5.88 Å². The van der Waals surface area contributed by atoms with Crippen LogP contribution < -0.4 is 10.1 Å². The van der Waals surface area contributed by atoms with Crippen molar-refractivity contribution in [2.45, 2.75) is 26.7 Å². The number of hydrogen-bond donors (Lipinski definition) is 1. The molecular weight excluding hydrogens is 258 g/mol. The summed E-state index contributed by atoms with van der Waals surface area (Å²) in [5.41, 5.74) is 1.25. The van der Waals surface area contributed by atoms with Gasteiger partial charge in [0, 0.05) is 4.88 Å². The number of aromatic nitrogens is 2. The number of nitrogens with zero attached hydrogens (tertiary/aromatic N) is 2. The topological polar surface area (TPSA) is 47.0 Å². The Hall–Kier alpha value is -1.20. The Morgan fingerprint density at radius 2 is 2.32 bits per heavy atom. The van der Waals surface area contributed by atoms with Crippen molar-refractivity contribution in [2.24, 2.45) is 5.92 Å². The van der Waals surface area contributed by atoms with E-state index in [1.54, 1.807) is 17.7 Å². The van der Waals surface area contributed by atoms with E-state index in [1.807, 2.05) is 0 Å². The van der Waals surface area contributed by atoms with Gasteiger partial charge in [-0.1, -0.05) is 0 Å². The van der Waals surface area contributed by atoms with Crippen molar-refractivity contribution in [3.05, 3.63) is 16.8 Å². The lowest BCUT2D eigenvalue weighted by Gasteiger charge is -2.10. The van der Waals surface area contributed by atoms with E-state index < -0.39 is 0 Å². The number of aryl methyl sites for hydroxylation is 2. The summed E-state index contributed by atoms with van der Waals surface area (Å²) in [5, 5.41) is 4.48. The van der Waals surface area contributed by atoms with Gasteiger partial charge in [0.05, 0.1) is 12.0 Å². The average molecular weight is 277 g/mol. The van der Waals surface area contributed by atoms with E-state index >= 15 is 0 Å². The first-order chi connectivity index (χ1) is 9.25. The predicted molar refractivity (Wildman–Crippen MR) is 78.0 cm³/mol. The van der Waals surface area contributed by atoms with Gasteiger partial charge >= 0.3 is 0 Å². The largest absolute Gasteiger partial charge is 0.477 e. The van der Waals surface area contributed by atoms with Crippen molar-refractivity contribution >= 4 is 21.6 Å². The molecule has 0 aliphatic carbocycles. The van der Waals surface area contributed by atoms with E-state index in [0.717, 1.165) is 48.1 Å².